The number of nitrogen functional groups attached to an aromatic ring is 1. The van der Waals surface area contributed by atoms with Crippen molar-refractivity contribution in [1.29, 1.82) is 0 Å². The van der Waals surface area contributed by atoms with E-state index in [9.17, 15) is 0 Å². The van der Waals surface area contributed by atoms with Crippen LogP contribution in [-0.4, -0.2) is 9.97 Å². The van der Waals surface area contributed by atoms with E-state index in [0.29, 0.717) is 12.4 Å². The van der Waals surface area contributed by atoms with E-state index in [2.05, 4.69) is 4.98 Å². The SMILES string of the molecule is Nc1ncccc1-c1nc2c(s1)COc1ccccc1-2. The van der Waals surface area contributed by atoms with E-state index in [1.165, 1.54) is 0 Å². The fourth-order valence-electron chi connectivity index (χ4n) is 2.31. The maximum absolute atomic E-state index is 5.93. The highest BCUT2D eigenvalue weighted by molar-refractivity contribution is 7.15. The number of aromatic nitrogens is 2. The molecule has 1 aromatic carbocycles. The maximum atomic E-state index is 5.93. The van der Waals surface area contributed by atoms with Gasteiger partial charge in [-0.05, 0) is 24.3 Å². The fourth-order valence-corrected chi connectivity index (χ4v) is 3.33. The van der Waals surface area contributed by atoms with E-state index in [1.807, 2.05) is 36.4 Å². The Morgan fingerprint density at radius 2 is 1.95 bits per heavy atom. The molecule has 0 saturated carbocycles. The molecule has 1 aliphatic heterocycles. The van der Waals surface area contributed by atoms with Crippen LogP contribution < -0.4 is 10.5 Å². The Bertz CT molecular complexity index is 797. The summed E-state index contributed by atoms with van der Waals surface area (Å²) in [5.74, 6) is 1.39. The summed E-state index contributed by atoms with van der Waals surface area (Å²) in [6.07, 6.45) is 1.69. The number of anilines is 1. The molecular formula is C15H11N3OS. The molecule has 4 nitrogen and oxygen atoms in total. The second-order valence-corrected chi connectivity index (χ2v) is 5.60. The molecule has 3 heterocycles. The molecular weight excluding hydrogens is 270 g/mol. The summed E-state index contributed by atoms with van der Waals surface area (Å²) in [4.78, 5) is 9.99. The molecule has 20 heavy (non-hydrogen) atoms. The van der Waals surface area contributed by atoms with Gasteiger partial charge in [-0.3, -0.25) is 0 Å². The third-order valence-corrected chi connectivity index (χ3v) is 4.33. The summed E-state index contributed by atoms with van der Waals surface area (Å²) in [6, 6.07) is 11.8. The minimum atomic E-state index is 0.507. The fraction of sp³-hybridized carbons (Fsp3) is 0.0667. The zero-order valence-corrected chi connectivity index (χ0v) is 11.4. The molecule has 0 bridgehead atoms. The van der Waals surface area contributed by atoms with Crippen molar-refractivity contribution in [2.45, 2.75) is 6.61 Å². The van der Waals surface area contributed by atoms with Crippen molar-refractivity contribution in [2.24, 2.45) is 0 Å². The van der Waals surface area contributed by atoms with Crippen LogP contribution in [0.1, 0.15) is 4.88 Å². The highest BCUT2D eigenvalue weighted by atomic mass is 32.1. The minimum Gasteiger partial charge on any atom is -0.487 e. The van der Waals surface area contributed by atoms with Crippen molar-refractivity contribution in [1.82, 2.24) is 9.97 Å². The van der Waals surface area contributed by atoms with E-state index >= 15 is 0 Å². The monoisotopic (exact) mass is 281 g/mol. The van der Waals surface area contributed by atoms with Gasteiger partial charge in [0.2, 0.25) is 0 Å². The number of rotatable bonds is 1. The summed E-state index contributed by atoms with van der Waals surface area (Å²) in [6.45, 7) is 0.560. The summed E-state index contributed by atoms with van der Waals surface area (Å²) < 4.78 is 5.75. The van der Waals surface area contributed by atoms with Gasteiger partial charge in [-0.15, -0.1) is 11.3 Å². The third kappa shape index (κ3) is 1.67. The lowest BCUT2D eigenvalue weighted by Crippen LogP contribution is -2.02. The average molecular weight is 281 g/mol. The third-order valence-electron chi connectivity index (χ3n) is 3.27. The van der Waals surface area contributed by atoms with Gasteiger partial charge in [-0.2, -0.15) is 0 Å². The number of nitrogens with zero attached hydrogens (tertiary/aromatic N) is 2. The van der Waals surface area contributed by atoms with Gasteiger partial charge in [0, 0.05) is 11.8 Å². The van der Waals surface area contributed by atoms with Gasteiger partial charge in [-0.1, -0.05) is 12.1 Å². The van der Waals surface area contributed by atoms with E-state index in [0.717, 1.165) is 32.5 Å². The van der Waals surface area contributed by atoms with Crippen LogP contribution in [0.3, 0.4) is 0 Å². The van der Waals surface area contributed by atoms with Crippen LogP contribution in [0.5, 0.6) is 5.75 Å². The number of hydrogen-bond donors (Lipinski definition) is 1. The van der Waals surface area contributed by atoms with E-state index in [-0.39, 0.29) is 0 Å². The molecule has 0 fully saturated rings. The first-order valence-corrected chi connectivity index (χ1v) is 7.07. The van der Waals surface area contributed by atoms with Gasteiger partial charge in [0.1, 0.15) is 23.2 Å². The first kappa shape index (κ1) is 11.4. The van der Waals surface area contributed by atoms with Crippen LogP contribution in [0.15, 0.2) is 42.6 Å². The number of para-hydroxylation sites is 1. The minimum absolute atomic E-state index is 0.507. The number of benzene rings is 1. The number of thiazole rings is 1. The number of hydrogen-bond acceptors (Lipinski definition) is 5. The molecule has 0 unspecified atom stereocenters. The number of pyridine rings is 1. The predicted molar refractivity (Wildman–Crippen MR) is 79.5 cm³/mol. The summed E-state index contributed by atoms with van der Waals surface area (Å²) in [5, 5.41) is 0.890. The van der Waals surface area contributed by atoms with Crippen molar-refractivity contribution in [3.05, 3.63) is 47.5 Å². The predicted octanol–water partition coefficient (Wildman–Crippen LogP) is 3.35. The zero-order chi connectivity index (χ0) is 13.5. The Morgan fingerprint density at radius 3 is 2.85 bits per heavy atom. The smallest absolute Gasteiger partial charge is 0.133 e. The van der Waals surface area contributed by atoms with E-state index in [4.69, 9.17) is 15.5 Å². The molecule has 3 aromatic rings. The standard InChI is InChI=1S/C15H11N3OS/c16-14-10(5-3-7-17-14)15-18-13-9-4-1-2-6-11(9)19-8-12(13)20-15/h1-7H,8H2,(H2,16,17). The lowest BCUT2D eigenvalue weighted by molar-refractivity contribution is 0.305. The van der Waals surface area contributed by atoms with Gasteiger partial charge in [-0.25, -0.2) is 9.97 Å². The molecule has 2 aromatic heterocycles. The Labute approximate surface area is 119 Å². The summed E-state index contributed by atoms with van der Waals surface area (Å²) in [7, 11) is 0. The van der Waals surface area contributed by atoms with E-state index in [1.54, 1.807) is 17.5 Å². The first-order chi connectivity index (χ1) is 9.83. The maximum Gasteiger partial charge on any atom is 0.133 e. The Balaban J connectivity index is 1.89. The quantitative estimate of drug-likeness (QED) is 0.743. The van der Waals surface area contributed by atoms with Crippen molar-refractivity contribution in [3.63, 3.8) is 0 Å². The van der Waals surface area contributed by atoms with Crippen LogP contribution in [0.25, 0.3) is 21.8 Å². The van der Waals surface area contributed by atoms with Crippen molar-refractivity contribution < 1.29 is 4.74 Å². The Hall–Kier alpha value is -2.40. The zero-order valence-electron chi connectivity index (χ0n) is 10.5. The number of nitrogens with two attached hydrogens (primary N) is 1. The Kier molecular flexibility index (Phi) is 2.47. The molecule has 0 saturated heterocycles. The second-order valence-electron chi connectivity index (χ2n) is 4.51. The molecule has 0 aliphatic carbocycles. The lowest BCUT2D eigenvalue weighted by Gasteiger charge is -2.15. The molecule has 0 atom stereocenters. The molecule has 5 heteroatoms. The van der Waals surface area contributed by atoms with Gasteiger partial charge in [0.15, 0.2) is 0 Å². The van der Waals surface area contributed by atoms with Crippen molar-refractivity contribution in [2.75, 3.05) is 5.73 Å². The normalized spacial score (nSPS) is 12.4. The van der Waals surface area contributed by atoms with E-state index < -0.39 is 0 Å². The molecule has 2 N–H and O–H groups in total. The molecule has 0 amide bonds. The highest BCUT2D eigenvalue weighted by Crippen LogP contribution is 2.42. The molecule has 0 spiro atoms. The van der Waals surface area contributed by atoms with Gasteiger partial charge in [0.25, 0.3) is 0 Å². The van der Waals surface area contributed by atoms with Crippen molar-refractivity contribution >= 4 is 17.2 Å². The topological polar surface area (TPSA) is 61.0 Å². The Morgan fingerprint density at radius 1 is 1.10 bits per heavy atom. The first-order valence-electron chi connectivity index (χ1n) is 6.25. The number of ether oxygens (including phenoxy) is 1. The van der Waals surface area contributed by atoms with Crippen LogP contribution in [0.2, 0.25) is 0 Å². The van der Waals surface area contributed by atoms with Gasteiger partial charge >= 0.3 is 0 Å². The lowest BCUT2D eigenvalue weighted by atomic mass is 10.1. The summed E-state index contributed by atoms with van der Waals surface area (Å²) >= 11 is 1.61. The van der Waals surface area contributed by atoms with Crippen molar-refractivity contribution in [3.8, 4) is 27.6 Å². The molecule has 0 radical (unpaired) electrons. The molecule has 98 valence electrons. The van der Waals surface area contributed by atoms with Gasteiger partial charge < -0.3 is 10.5 Å². The van der Waals surface area contributed by atoms with Crippen LogP contribution in [-0.2, 0) is 6.61 Å². The summed E-state index contributed by atoms with van der Waals surface area (Å²) in [5.41, 5.74) is 8.84. The largest absolute Gasteiger partial charge is 0.487 e. The second kappa shape index (κ2) is 4.31. The van der Waals surface area contributed by atoms with Crippen LogP contribution in [0.4, 0.5) is 5.82 Å². The average Bonchev–Trinajstić information content (AvgIpc) is 2.92. The molecule has 1 aliphatic rings. The van der Waals surface area contributed by atoms with Crippen LogP contribution >= 0.6 is 11.3 Å². The number of fused-ring (bicyclic) bond motifs is 3. The molecule has 4 rings (SSSR count). The highest BCUT2D eigenvalue weighted by Gasteiger charge is 2.22. The van der Waals surface area contributed by atoms with Crippen LogP contribution in [0, 0.1) is 0 Å². The van der Waals surface area contributed by atoms with Gasteiger partial charge in [0.05, 0.1) is 16.1 Å².